The minimum Gasteiger partial charge on any atom is -0.492 e. The van der Waals surface area contributed by atoms with Crippen LogP contribution in [0.4, 0.5) is 0 Å². The molecule has 138 valence electrons. The number of benzene rings is 1. The summed E-state index contributed by atoms with van der Waals surface area (Å²) in [5.74, 6) is 7.26. The fourth-order valence-corrected chi connectivity index (χ4v) is 3.32. The molecule has 0 fully saturated rings. The Morgan fingerprint density at radius 1 is 1.08 bits per heavy atom. The molecule has 4 heteroatoms. The van der Waals surface area contributed by atoms with Gasteiger partial charge in [-0.3, -0.25) is 0 Å². The molecule has 1 aliphatic heterocycles. The number of aromatic nitrogens is 2. The number of nitrogens with zero attached hydrogens (tertiary/aromatic N) is 2. The van der Waals surface area contributed by atoms with Gasteiger partial charge in [0.2, 0.25) is 0 Å². The van der Waals surface area contributed by atoms with E-state index >= 15 is 0 Å². The van der Waals surface area contributed by atoms with Gasteiger partial charge in [-0.15, -0.1) is 0 Å². The van der Waals surface area contributed by atoms with Crippen molar-refractivity contribution >= 4 is 21.7 Å². The second-order valence-corrected chi connectivity index (χ2v) is 6.41. The first kappa shape index (κ1) is 19.9. The highest BCUT2D eigenvalue weighted by molar-refractivity contribution is 7.18. The Bertz CT molecular complexity index is 925. The van der Waals surface area contributed by atoms with E-state index in [0.717, 1.165) is 50.6 Å². The second kappa shape index (κ2) is 9.94. The summed E-state index contributed by atoms with van der Waals surface area (Å²) in [6.45, 7) is 10.7. The SMILES string of the molecule is CC.CC.Cc1nc2cc(-c3ccc4c(c3)CC#CCCO4)cnc2s1.[HH]. The van der Waals surface area contributed by atoms with Crippen LogP contribution in [0.2, 0.25) is 0 Å². The zero-order valence-corrected chi connectivity index (χ0v) is 17.0. The third-order valence-electron chi connectivity index (χ3n) is 3.64. The van der Waals surface area contributed by atoms with Gasteiger partial charge in [-0.1, -0.05) is 56.9 Å². The van der Waals surface area contributed by atoms with Crippen molar-refractivity contribution in [2.75, 3.05) is 6.61 Å². The van der Waals surface area contributed by atoms with Crippen molar-refractivity contribution in [1.29, 1.82) is 0 Å². The normalized spacial score (nSPS) is 11.9. The van der Waals surface area contributed by atoms with Crippen molar-refractivity contribution in [3.8, 4) is 28.7 Å². The average Bonchev–Trinajstić information content (AvgIpc) is 3.04. The molecule has 0 N–H and O–H groups in total. The summed E-state index contributed by atoms with van der Waals surface area (Å²) >= 11 is 1.62. The van der Waals surface area contributed by atoms with E-state index in [1.807, 2.05) is 46.9 Å². The van der Waals surface area contributed by atoms with E-state index in [4.69, 9.17) is 4.74 Å². The first-order chi connectivity index (χ1) is 12.8. The third kappa shape index (κ3) is 4.62. The molecule has 0 bridgehead atoms. The number of aryl methyl sites for hydroxylation is 1. The maximum Gasteiger partial charge on any atom is 0.143 e. The van der Waals surface area contributed by atoms with E-state index in [2.05, 4.69) is 40.0 Å². The monoisotopic (exact) mass is 368 g/mol. The Hall–Kier alpha value is -2.38. The van der Waals surface area contributed by atoms with Crippen LogP contribution < -0.4 is 4.74 Å². The molecule has 3 heterocycles. The molecular weight excluding hydrogens is 340 g/mol. The Morgan fingerprint density at radius 2 is 1.88 bits per heavy atom. The number of hydrogen-bond donors (Lipinski definition) is 0. The standard InChI is InChI=1S/C18H14N2OS.2C2H6.H2/c1-12-20-16-10-15(11-19-18(16)22-12)13-6-7-17-14(9-13)5-3-2-4-8-21-17;2*1-2;/h6-7,9-11H,4-5,8H2,1H3;2*1-2H3;1H. The summed E-state index contributed by atoms with van der Waals surface area (Å²) < 4.78 is 5.76. The smallest absolute Gasteiger partial charge is 0.143 e. The second-order valence-electron chi connectivity index (χ2n) is 5.23. The molecule has 4 rings (SSSR count). The minimum absolute atomic E-state index is 0. The van der Waals surface area contributed by atoms with Gasteiger partial charge in [0.1, 0.15) is 16.1 Å². The number of hydrogen-bond acceptors (Lipinski definition) is 4. The fourth-order valence-electron chi connectivity index (χ4n) is 2.59. The molecule has 0 spiro atoms. The Kier molecular flexibility index (Phi) is 7.62. The van der Waals surface area contributed by atoms with Gasteiger partial charge in [0.05, 0.1) is 11.6 Å². The lowest BCUT2D eigenvalue weighted by molar-refractivity contribution is 0.323. The predicted molar refractivity (Wildman–Crippen MR) is 114 cm³/mol. The van der Waals surface area contributed by atoms with Crippen LogP contribution in [0, 0.1) is 18.8 Å². The number of pyridine rings is 1. The summed E-state index contributed by atoms with van der Waals surface area (Å²) in [4.78, 5) is 10.0. The maximum atomic E-state index is 5.76. The quantitative estimate of drug-likeness (QED) is 0.473. The van der Waals surface area contributed by atoms with Crippen LogP contribution in [0.5, 0.6) is 5.75 Å². The van der Waals surface area contributed by atoms with Crippen LogP contribution in [0.1, 0.15) is 46.1 Å². The Morgan fingerprint density at radius 3 is 2.69 bits per heavy atom. The molecule has 1 aromatic carbocycles. The highest BCUT2D eigenvalue weighted by Gasteiger charge is 2.09. The van der Waals surface area contributed by atoms with Gasteiger partial charge in [0.15, 0.2) is 0 Å². The van der Waals surface area contributed by atoms with Gasteiger partial charge in [0.25, 0.3) is 0 Å². The molecule has 3 nitrogen and oxygen atoms in total. The first-order valence-corrected chi connectivity index (χ1v) is 10.1. The number of rotatable bonds is 1. The molecule has 0 unspecified atom stereocenters. The van der Waals surface area contributed by atoms with E-state index < -0.39 is 0 Å². The summed E-state index contributed by atoms with van der Waals surface area (Å²) in [7, 11) is 0. The number of ether oxygens (including phenoxy) is 1. The van der Waals surface area contributed by atoms with Gasteiger partial charge in [-0.25, -0.2) is 9.97 Å². The summed E-state index contributed by atoms with van der Waals surface area (Å²) in [6, 6.07) is 8.37. The summed E-state index contributed by atoms with van der Waals surface area (Å²) in [5, 5.41) is 1.04. The van der Waals surface area contributed by atoms with Crippen LogP contribution in [0.25, 0.3) is 21.5 Å². The lowest BCUT2D eigenvalue weighted by Crippen LogP contribution is -2.01. The average molecular weight is 369 g/mol. The van der Waals surface area contributed by atoms with Crippen LogP contribution in [0.15, 0.2) is 30.5 Å². The molecule has 1 aliphatic rings. The molecule has 0 aliphatic carbocycles. The van der Waals surface area contributed by atoms with Crippen molar-refractivity contribution in [2.45, 2.75) is 47.5 Å². The highest BCUT2D eigenvalue weighted by Crippen LogP contribution is 2.30. The van der Waals surface area contributed by atoms with Crippen LogP contribution in [0.3, 0.4) is 0 Å². The molecule has 2 aromatic heterocycles. The van der Waals surface area contributed by atoms with Gasteiger partial charge in [-0.05, 0) is 30.7 Å². The minimum atomic E-state index is 0. The molecule has 0 atom stereocenters. The van der Waals surface area contributed by atoms with Crippen LogP contribution in [-0.2, 0) is 6.42 Å². The molecule has 0 amide bonds. The van der Waals surface area contributed by atoms with E-state index in [9.17, 15) is 0 Å². The lowest BCUT2D eigenvalue weighted by atomic mass is 10.0. The van der Waals surface area contributed by atoms with Crippen molar-refractivity contribution in [2.24, 2.45) is 0 Å². The van der Waals surface area contributed by atoms with Crippen molar-refractivity contribution in [3.05, 3.63) is 41.0 Å². The maximum absolute atomic E-state index is 5.76. The molecule has 3 aromatic rings. The molecular formula is C22H28N2OS. The predicted octanol–water partition coefficient (Wildman–Crippen LogP) is 6.29. The van der Waals surface area contributed by atoms with Gasteiger partial charge in [0, 0.05) is 31.6 Å². The highest BCUT2D eigenvalue weighted by atomic mass is 32.1. The van der Waals surface area contributed by atoms with E-state index in [0.29, 0.717) is 6.61 Å². The zero-order chi connectivity index (χ0) is 18.9. The number of thiazole rings is 1. The largest absolute Gasteiger partial charge is 0.492 e. The summed E-state index contributed by atoms with van der Waals surface area (Å²) in [6.07, 6.45) is 3.44. The van der Waals surface area contributed by atoms with Gasteiger partial charge in [-0.2, -0.15) is 0 Å². The Labute approximate surface area is 162 Å². The summed E-state index contributed by atoms with van der Waals surface area (Å²) in [5.41, 5.74) is 4.31. The molecule has 26 heavy (non-hydrogen) atoms. The fraction of sp³-hybridized carbons (Fsp3) is 0.364. The van der Waals surface area contributed by atoms with E-state index in [-0.39, 0.29) is 1.43 Å². The van der Waals surface area contributed by atoms with Crippen molar-refractivity contribution in [3.63, 3.8) is 0 Å². The van der Waals surface area contributed by atoms with Crippen molar-refractivity contribution < 1.29 is 6.16 Å². The van der Waals surface area contributed by atoms with E-state index in [1.54, 1.807) is 11.3 Å². The lowest BCUT2D eigenvalue weighted by Gasteiger charge is -2.12. The molecule has 0 saturated carbocycles. The zero-order valence-electron chi connectivity index (χ0n) is 16.2. The Balaban J connectivity index is 0.000000686. The molecule has 0 radical (unpaired) electrons. The molecule has 0 saturated heterocycles. The first-order valence-electron chi connectivity index (χ1n) is 9.24. The van der Waals surface area contributed by atoms with Crippen molar-refractivity contribution in [1.82, 2.24) is 9.97 Å². The topological polar surface area (TPSA) is 35.0 Å². The van der Waals surface area contributed by atoms with Gasteiger partial charge < -0.3 is 4.74 Å². The third-order valence-corrected chi connectivity index (χ3v) is 4.53. The van der Waals surface area contributed by atoms with Crippen LogP contribution in [-0.4, -0.2) is 16.6 Å². The number of fused-ring (bicyclic) bond motifs is 2. The van der Waals surface area contributed by atoms with Gasteiger partial charge >= 0.3 is 0 Å². The van der Waals surface area contributed by atoms with E-state index in [1.165, 1.54) is 0 Å². The van der Waals surface area contributed by atoms with Crippen LogP contribution >= 0.6 is 11.3 Å².